The number of allylic oxidation sites excluding steroid dienone is 8. The van der Waals surface area contributed by atoms with Crippen molar-refractivity contribution in [3.63, 3.8) is 0 Å². The molecule has 0 saturated heterocycles. The van der Waals surface area contributed by atoms with Crippen LogP contribution in [0.3, 0.4) is 0 Å². The molecule has 81 heavy (non-hydrogen) atoms. The number of rotatable bonds is 8. The highest BCUT2D eigenvalue weighted by Crippen LogP contribution is 2.53. The minimum Gasteiger partial charge on any atom is -0.460 e. The Kier molecular flexibility index (Phi) is 11.4. The van der Waals surface area contributed by atoms with E-state index in [0.717, 1.165) is 116 Å². The zero-order chi connectivity index (χ0) is 54.7. The van der Waals surface area contributed by atoms with Gasteiger partial charge in [0.05, 0.1) is 23.1 Å². The van der Waals surface area contributed by atoms with Crippen molar-refractivity contribution >= 4 is 110 Å². The Labute approximate surface area is 473 Å². The van der Waals surface area contributed by atoms with Crippen LogP contribution in [0.4, 0.5) is 17.1 Å². The van der Waals surface area contributed by atoms with Crippen molar-refractivity contribution in [3.05, 3.63) is 257 Å². The second kappa shape index (κ2) is 18.9. The summed E-state index contributed by atoms with van der Waals surface area (Å²) in [7, 11) is 0. The largest absolute Gasteiger partial charge is 0.460 e. The summed E-state index contributed by atoms with van der Waals surface area (Å²) in [5.41, 5.74) is 21.4. The van der Waals surface area contributed by atoms with Gasteiger partial charge >= 0.3 is 0 Å². The van der Waals surface area contributed by atoms with E-state index in [-0.39, 0.29) is 11.5 Å². The van der Waals surface area contributed by atoms with Crippen LogP contribution in [0.2, 0.25) is 0 Å². The Morgan fingerprint density at radius 1 is 0.704 bits per heavy atom. The van der Waals surface area contributed by atoms with Gasteiger partial charge in [0.1, 0.15) is 16.9 Å². The van der Waals surface area contributed by atoms with Crippen molar-refractivity contribution in [3.8, 4) is 0 Å². The molecule has 11 aromatic rings. The first-order valence-electron chi connectivity index (χ1n) is 28.9. The topological polar surface area (TPSA) is 36.0 Å². The number of furan rings is 2. The first kappa shape index (κ1) is 48.8. The summed E-state index contributed by atoms with van der Waals surface area (Å²) in [6.07, 6.45) is 23.8. The van der Waals surface area contributed by atoms with Gasteiger partial charge in [-0.05, 0) is 124 Å². The maximum absolute atomic E-state index is 7.55. The van der Waals surface area contributed by atoms with Crippen molar-refractivity contribution in [1.82, 2.24) is 4.90 Å². The number of para-hydroxylation sites is 1. The molecule has 9 aromatic carbocycles. The summed E-state index contributed by atoms with van der Waals surface area (Å²) in [6, 6.07) is 54.2. The number of nitrogens with zero attached hydrogens (tertiary/aromatic N) is 3. The number of hydrogen-bond donors (Lipinski definition) is 0. The minimum absolute atomic E-state index is 0.0285. The van der Waals surface area contributed by atoms with E-state index in [4.69, 9.17) is 8.83 Å². The fourth-order valence-corrected chi connectivity index (χ4v) is 13.9. The molecule has 0 N–H and O–H groups in total. The molecule has 0 spiro atoms. The monoisotopic (exact) mass is 1050 g/mol. The first-order chi connectivity index (χ1) is 39.6. The molecule has 0 fully saturated rings. The molecule has 1 unspecified atom stereocenters. The molecule has 5 heteroatoms. The van der Waals surface area contributed by atoms with E-state index in [1.54, 1.807) is 0 Å². The summed E-state index contributed by atoms with van der Waals surface area (Å²) < 4.78 is 15.0. The van der Waals surface area contributed by atoms with Gasteiger partial charge in [0.2, 0.25) is 0 Å². The lowest BCUT2D eigenvalue weighted by Gasteiger charge is -2.37. The molecule has 2 aliphatic heterocycles. The number of benzene rings is 9. The normalized spacial score (nSPS) is 16.3. The van der Waals surface area contributed by atoms with Crippen molar-refractivity contribution in [2.45, 2.75) is 78.3 Å². The van der Waals surface area contributed by atoms with E-state index in [9.17, 15) is 0 Å². The second-order valence-electron chi connectivity index (χ2n) is 23.5. The Hall–Kier alpha value is -9.28. The number of aryl methyl sites for hydroxylation is 2. The molecule has 1 atom stereocenters. The molecule has 2 aliphatic carbocycles. The lowest BCUT2D eigenvalue weighted by atomic mass is 9.82. The summed E-state index contributed by atoms with van der Waals surface area (Å²) in [6.45, 7) is 17.0. The highest BCUT2D eigenvalue weighted by atomic mass is 16.3. The van der Waals surface area contributed by atoms with Crippen molar-refractivity contribution in [2.75, 3.05) is 16.3 Å². The molecule has 5 nitrogen and oxygen atoms in total. The quantitative estimate of drug-likeness (QED) is 0.112. The molecule has 0 saturated carbocycles. The molecular weight excluding hydrogens is 987 g/mol. The maximum Gasteiger partial charge on any atom is 0.159 e. The van der Waals surface area contributed by atoms with Crippen LogP contribution in [0, 0.1) is 6.92 Å². The van der Waals surface area contributed by atoms with Gasteiger partial charge in [-0.3, -0.25) is 0 Å². The first-order valence-corrected chi connectivity index (χ1v) is 28.9. The van der Waals surface area contributed by atoms with Gasteiger partial charge in [0, 0.05) is 91.5 Å². The maximum atomic E-state index is 7.55. The highest BCUT2D eigenvalue weighted by Gasteiger charge is 2.33. The van der Waals surface area contributed by atoms with E-state index < -0.39 is 0 Å². The third kappa shape index (κ3) is 7.82. The fourth-order valence-electron chi connectivity index (χ4n) is 13.9. The van der Waals surface area contributed by atoms with E-state index in [1.807, 2.05) is 0 Å². The molecule has 0 radical (unpaired) electrons. The zero-order valence-corrected chi connectivity index (χ0v) is 46.7. The molecule has 4 aliphatic rings. The van der Waals surface area contributed by atoms with Crippen molar-refractivity contribution in [1.29, 1.82) is 0 Å². The fraction of sp³-hybridized carbons (Fsp3) is 0.171. The van der Waals surface area contributed by atoms with Gasteiger partial charge in [0.25, 0.3) is 0 Å². The van der Waals surface area contributed by atoms with Crippen LogP contribution in [0.1, 0.15) is 86.1 Å². The van der Waals surface area contributed by atoms with E-state index in [0.29, 0.717) is 0 Å². The highest BCUT2D eigenvalue weighted by molar-refractivity contribution is 6.34. The van der Waals surface area contributed by atoms with E-state index in [1.165, 1.54) is 77.6 Å². The van der Waals surface area contributed by atoms with Crippen LogP contribution in [-0.4, -0.2) is 17.5 Å². The predicted molar refractivity (Wildman–Crippen MR) is 342 cm³/mol. The van der Waals surface area contributed by atoms with Gasteiger partial charge in [-0.2, -0.15) is 0 Å². The standard InChI is InChI=1S/C76H63N3O2/c1-7-20-58-55-26-16-15-23-50(55)46-78(65(58)8-2)54-32-36-69-63(45-54)60-34-35-61-68(79(53-24-13-10-14-25-53)67-43-51-41-47(3)31-33-56(51)57-27-17-18-28-59(57)67)44-52-42-64(76(4,5)6)75-72(70(52)71(61)74(60)80-69)62-29-19-30-66(73(62)81-75)77-39-37-49(38-40-77)48-21-11-9-12-22-48/h9-24,26-31,33-35,37-39,41-45,53H,1,8,25,32,36,40,46H2,2-6H3. The van der Waals surface area contributed by atoms with Crippen LogP contribution in [0.25, 0.3) is 93.2 Å². The molecular formula is C76H63N3O2. The molecule has 0 amide bonds. The summed E-state index contributed by atoms with van der Waals surface area (Å²) in [5, 5.41) is 12.9. The minimum atomic E-state index is -0.268. The molecule has 15 rings (SSSR count). The van der Waals surface area contributed by atoms with Crippen LogP contribution in [-0.2, 0) is 18.4 Å². The average Bonchev–Trinajstić information content (AvgIpc) is 3.40. The second-order valence-corrected chi connectivity index (χ2v) is 23.5. The SMILES string of the molecule is C=C=CC1=C(CC)N(C2=Cc3c(oc4c3ccc3c(N(c5cc6cc(C)ccc6c6ccccc56)C5C=CC=CC5)cc5cc(C(C)(C)C)c6oc7c(N8C=CC(c9ccccc9)=CC8)cccc7c6c5c34)CC2)Cc2ccccc21. The van der Waals surface area contributed by atoms with Crippen molar-refractivity contribution < 1.29 is 8.83 Å². The van der Waals surface area contributed by atoms with Crippen LogP contribution >= 0.6 is 0 Å². The lowest BCUT2D eigenvalue weighted by Crippen LogP contribution is -2.30. The van der Waals surface area contributed by atoms with Gasteiger partial charge in [-0.1, -0.05) is 185 Å². The van der Waals surface area contributed by atoms with Gasteiger partial charge in [0.15, 0.2) is 5.58 Å². The Balaban J connectivity index is 1.03. The summed E-state index contributed by atoms with van der Waals surface area (Å²) in [4.78, 5) is 7.53. The molecule has 394 valence electrons. The Morgan fingerprint density at radius 3 is 2.27 bits per heavy atom. The average molecular weight is 1050 g/mol. The van der Waals surface area contributed by atoms with Gasteiger partial charge in [-0.25, -0.2) is 0 Å². The Bertz CT molecular complexity index is 4730. The van der Waals surface area contributed by atoms with Gasteiger partial charge in [-0.15, -0.1) is 5.73 Å². The van der Waals surface area contributed by atoms with E-state index in [2.05, 4.69) is 262 Å². The van der Waals surface area contributed by atoms with Gasteiger partial charge < -0.3 is 23.5 Å². The van der Waals surface area contributed by atoms with Crippen LogP contribution in [0.15, 0.2) is 227 Å². The van der Waals surface area contributed by atoms with E-state index >= 15 is 0 Å². The summed E-state index contributed by atoms with van der Waals surface area (Å²) in [5.74, 6) is 1.03. The number of hydrogen-bond acceptors (Lipinski definition) is 5. The zero-order valence-electron chi connectivity index (χ0n) is 46.7. The molecule has 4 heterocycles. The lowest BCUT2D eigenvalue weighted by molar-refractivity contribution is 0.384. The number of fused-ring (bicyclic) bond motifs is 15. The van der Waals surface area contributed by atoms with Crippen LogP contribution < -0.4 is 9.80 Å². The molecule has 2 aromatic heterocycles. The summed E-state index contributed by atoms with van der Waals surface area (Å²) >= 11 is 0. The smallest absolute Gasteiger partial charge is 0.159 e. The third-order valence-electron chi connectivity index (χ3n) is 17.7. The Morgan fingerprint density at radius 2 is 1.47 bits per heavy atom. The number of anilines is 3. The van der Waals surface area contributed by atoms with Crippen molar-refractivity contribution in [2.24, 2.45) is 0 Å². The van der Waals surface area contributed by atoms with Crippen LogP contribution in [0.5, 0.6) is 0 Å². The third-order valence-corrected chi connectivity index (χ3v) is 17.7. The molecule has 0 bridgehead atoms. The predicted octanol–water partition coefficient (Wildman–Crippen LogP) is 20.3.